The number of rotatable bonds is 13. The van der Waals surface area contributed by atoms with Crippen LogP contribution < -0.4 is 41.5 Å². The molecule has 0 fully saturated rings. The van der Waals surface area contributed by atoms with Crippen LogP contribution in [0.25, 0.3) is 162 Å². The number of pyridine rings is 3. The normalized spacial score (nSPS) is 12.1. The van der Waals surface area contributed by atoms with Crippen molar-refractivity contribution in [3.8, 4) is 34.1 Å². The van der Waals surface area contributed by atoms with Crippen LogP contribution in [0.3, 0.4) is 0 Å². The van der Waals surface area contributed by atoms with E-state index in [9.17, 15) is 0 Å². The highest BCUT2D eigenvalue weighted by atomic mass is 32.1. The van der Waals surface area contributed by atoms with Crippen molar-refractivity contribution in [1.82, 2.24) is 33.2 Å². The molecule has 16 aromatic carbocycles. The molecule has 11 heteroatoms. The molecule has 0 amide bonds. The molecule has 122 heavy (non-hydrogen) atoms. The van der Waals surface area contributed by atoms with Crippen LogP contribution in [-0.2, 0) is 0 Å². The molecule has 25 aromatic rings. The van der Waals surface area contributed by atoms with Crippen molar-refractivity contribution in [3.05, 3.63) is 443 Å². The second kappa shape index (κ2) is 28.9. The van der Waals surface area contributed by atoms with E-state index in [4.69, 9.17) is 15.0 Å². The van der Waals surface area contributed by atoms with Gasteiger partial charge in [0.1, 0.15) is 17.3 Å². The maximum absolute atomic E-state index is 5.29. The van der Waals surface area contributed by atoms with Crippen molar-refractivity contribution in [2.75, 3.05) is 0 Å². The summed E-state index contributed by atoms with van der Waals surface area (Å²) in [5, 5.41) is 25.4. The van der Waals surface area contributed by atoms with Gasteiger partial charge >= 0.3 is 0 Å². The van der Waals surface area contributed by atoms with Crippen LogP contribution in [0, 0.1) is 0 Å². The highest BCUT2D eigenvalue weighted by Gasteiger charge is 2.46. The summed E-state index contributed by atoms with van der Waals surface area (Å²) in [6.45, 7) is 0. The van der Waals surface area contributed by atoms with E-state index in [2.05, 4.69) is 437 Å². The van der Waals surface area contributed by atoms with Crippen molar-refractivity contribution in [2.24, 2.45) is 0 Å². The summed E-state index contributed by atoms with van der Waals surface area (Å²) in [6.07, 6.45) is 5.98. The van der Waals surface area contributed by atoms with Gasteiger partial charge in [-0.3, -0.25) is 9.13 Å². The monoisotopic (exact) mass is 1620 g/mol. The van der Waals surface area contributed by atoms with Crippen molar-refractivity contribution in [3.63, 3.8) is 0 Å². The Labute approximate surface area is 713 Å². The predicted octanol–water partition coefficient (Wildman–Crippen LogP) is 23.1. The number of aromatic nitrogens is 7. The zero-order valence-corrected chi connectivity index (χ0v) is 69.7. The highest BCUT2D eigenvalue weighted by Crippen LogP contribution is 2.44. The SMILES string of the molecule is c1ccc(-c2cccc(-n3c4ccccc4c4cc5c(cc43)c3ccccc3n5-c3cc([Si](c4ccccc4)(c4ccccc4)c4cccc5c4sc4ccccc45)ccn3)c2)cc1.c1ccc(-n2c3ccccc3c3ccc4c5cccnc5n(-c5cc([Si](c6ccccc6)(c6ccccc6)c6cccc7c6sc6ccccc67)ccn5)c4c32)cc1. The first-order valence-electron chi connectivity index (χ1n) is 41.5. The lowest BCUT2D eigenvalue weighted by molar-refractivity contribution is 1.06. The first-order valence-corrected chi connectivity index (χ1v) is 47.2. The zero-order valence-electron chi connectivity index (χ0n) is 66.1. The van der Waals surface area contributed by atoms with Gasteiger partial charge in [-0.1, -0.05) is 322 Å². The van der Waals surface area contributed by atoms with Crippen molar-refractivity contribution >= 4 is 208 Å². The number of para-hydroxylation sites is 4. The van der Waals surface area contributed by atoms with E-state index in [1.165, 1.54) is 142 Å². The lowest BCUT2D eigenvalue weighted by Crippen LogP contribution is -2.74. The molecular formula is C111H73N7S2Si2. The Morgan fingerprint density at radius 1 is 0.205 bits per heavy atom. The fraction of sp³-hybridized carbons (Fsp3) is 0. The fourth-order valence-corrected chi connectivity index (χ4v) is 33.3. The van der Waals surface area contributed by atoms with Gasteiger partial charge in [0, 0.05) is 113 Å². The zero-order chi connectivity index (χ0) is 80.4. The van der Waals surface area contributed by atoms with Crippen LogP contribution in [0.1, 0.15) is 0 Å². The third-order valence-corrected chi connectivity index (χ3v) is 37.7. The standard InChI is InChI=1S/C59H39N3SSi.C52H34N4SSi/c1-4-18-40(19-5-1)41-20-16-21-42(36-41)61-52-30-13-10-26-46(52)50-39-55-51(38-54(50)61)47-27-11-14-31-53(47)62(55)58-37-45(34-35-60-58)64(43-22-6-2-7-23-43,44-24-8-3-9-25-44)57-33-17-29-49-48-28-12-15-32-56(48)63-59(49)57;1-4-16-35(17-5-1)55-45-26-12-10-22-39(45)41-29-30-42-44-25-15-32-54-52(44)56(50(42)49(41)55)48-34-38(31-33-53-48)58(36-18-6-2-7-19-36,37-20-8-3-9-21-37)47-28-14-24-43-40-23-11-13-27-46(40)57-51(43)47/h1-39H;1-34H. The molecule has 25 rings (SSSR count). The third kappa shape index (κ3) is 11.0. The van der Waals surface area contributed by atoms with E-state index in [1.54, 1.807) is 0 Å². The van der Waals surface area contributed by atoms with Crippen LogP contribution in [0.5, 0.6) is 0 Å². The highest BCUT2D eigenvalue weighted by molar-refractivity contribution is 7.31. The van der Waals surface area contributed by atoms with Gasteiger partial charge < -0.3 is 9.13 Å². The Balaban J connectivity index is 0.000000139. The lowest BCUT2D eigenvalue weighted by atomic mass is 10.1. The Bertz CT molecular complexity index is 8330. The van der Waals surface area contributed by atoms with Gasteiger partial charge in [0.25, 0.3) is 0 Å². The summed E-state index contributed by atoms with van der Waals surface area (Å²) < 4.78 is 14.9. The van der Waals surface area contributed by atoms with Crippen molar-refractivity contribution in [2.45, 2.75) is 0 Å². The van der Waals surface area contributed by atoms with E-state index in [0.717, 1.165) is 61.5 Å². The first-order chi connectivity index (χ1) is 60.6. The minimum absolute atomic E-state index is 0.848. The Hall–Kier alpha value is -15.0. The largest absolute Gasteiger partial charge is 0.309 e. The van der Waals surface area contributed by atoms with Crippen LogP contribution in [0.2, 0.25) is 0 Å². The summed E-state index contributed by atoms with van der Waals surface area (Å²) in [4.78, 5) is 15.7. The molecule has 0 aliphatic rings. The lowest BCUT2D eigenvalue weighted by Gasteiger charge is -2.35. The molecule has 7 nitrogen and oxygen atoms in total. The van der Waals surface area contributed by atoms with Gasteiger partial charge in [0.2, 0.25) is 0 Å². The summed E-state index contributed by atoms with van der Waals surface area (Å²) in [5.74, 6) is 1.76. The minimum atomic E-state index is -3.02. The van der Waals surface area contributed by atoms with Gasteiger partial charge in [-0.05, 0) is 156 Å². The molecular weight excluding hydrogens is 1550 g/mol. The first kappa shape index (κ1) is 71.2. The van der Waals surface area contributed by atoms with Gasteiger partial charge in [0.15, 0.2) is 16.1 Å². The van der Waals surface area contributed by atoms with E-state index in [1.807, 2.05) is 47.3 Å². The Morgan fingerprint density at radius 3 is 1.11 bits per heavy atom. The number of nitrogens with zero attached hydrogens (tertiary/aromatic N) is 7. The average Bonchev–Trinajstić information content (AvgIpc) is 1.44. The van der Waals surface area contributed by atoms with Crippen molar-refractivity contribution < 1.29 is 0 Å². The molecule has 572 valence electrons. The quantitative estimate of drug-likeness (QED) is 0.0854. The van der Waals surface area contributed by atoms with Crippen LogP contribution >= 0.6 is 22.7 Å². The number of thiophene rings is 2. The second-order valence-electron chi connectivity index (χ2n) is 31.6. The fourth-order valence-electron chi connectivity index (χ4n) is 20.2. The van der Waals surface area contributed by atoms with Crippen LogP contribution in [-0.4, -0.2) is 49.4 Å². The number of fused-ring (bicyclic) bond motifs is 19. The number of hydrogen-bond donors (Lipinski definition) is 0. The minimum Gasteiger partial charge on any atom is -0.309 e. The van der Waals surface area contributed by atoms with E-state index in [-0.39, 0.29) is 0 Å². The van der Waals surface area contributed by atoms with Gasteiger partial charge in [-0.15, -0.1) is 22.7 Å². The Kier molecular flexibility index (Phi) is 16.9. The predicted molar refractivity (Wildman–Crippen MR) is 522 cm³/mol. The van der Waals surface area contributed by atoms with Gasteiger partial charge in [-0.2, -0.15) is 0 Å². The summed E-state index contributed by atoms with van der Waals surface area (Å²) in [5.41, 5.74) is 13.6. The molecule has 0 bridgehead atoms. The second-order valence-corrected chi connectivity index (χ2v) is 41.2. The number of hydrogen-bond acceptors (Lipinski definition) is 5. The molecule has 9 heterocycles. The molecule has 0 radical (unpaired) electrons. The summed E-state index contributed by atoms with van der Waals surface area (Å²) in [6, 6.07) is 156. The topological polar surface area (TPSA) is 58.4 Å². The van der Waals surface area contributed by atoms with E-state index in [0.29, 0.717) is 0 Å². The maximum Gasteiger partial charge on any atom is 0.181 e. The molecule has 0 saturated carbocycles. The van der Waals surface area contributed by atoms with Gasteiger partial charge in [0.05, 0.1) is 38.6 Å². The molecule has 9 aromatic heterocycles. The van der Waals surface area contributed by atoms with E-state index >= 15 is 0 Å². The Morgan fingerprint density at radius 2 is 0.582 bits per heavy atom. The van der Waals surface area contributed by atoms with Gasteiger partial charge in [-0.25, -0.2) is 15.0 Å². The van der Waals surface area contributed by atoms with Crippen LogP contribution in [0.15, 0.2) is 443 Å². The summed E-state index contributed by atoms with van der Waals surface area (Å²) in [7, 11) is -6.01. The molecule has 0 saturated heterocycles. The number of benzene rings is 16. The molecule has 0 N–H and O–H groups in total. The molecule has 0 atom stereocenters. The van der Waals surface area contributed by atoms with Crippen LogP contribution in [0.4, 0.5) is 0 Å². The third-order valence-electron chi connectivity index (χ3n) is 25.3. The maximum atomic E-state index is 5.29. The average molecular weight is 1630 g/mol. The summed E-state index contributed by atoms with van der Waals surface area (Å²) >= 11 is 3.83. The smallest absolute Gasteiger partial charge is 0.181 e. The molecule has 0 spiro atoms. The van der Waals surface area contributed by atoms with E-state index < -0.39 is 16.1 Å². The molecule has 0 aliphatic carbocycles. The molecule has 0 unspecified atom stereocenters. The molecule has 0 aliphatic heterocycles. The van der Waals surface area contributed by atoms with Crippen molar-refractivity contribution in [1.29, 1.82) is 0 Å².